The average Bonchev–Trinajstić information content (AvgIpc) is 2.68. The molecule has 2 aromatic carbocycles. The minimum atomic E-state index is -3.42. The molecule has 0 atom stereocenters. The number of hydrogen-bond donors (Lipinski definition) is 0. The summed E-state index contributed by atoms with van der Waals surface area (Å²) in [6, 6.07) is 23.1. The van der Waals surface area contributed by atoms with Crippen molar-refractivity contribution < 1.29 is 13.6 Å². The zero-order valence-corrected chi connectivity index (χ0v) is 16.8. The minimum absolute atomic E-state index is 0.146. The fourth-order valence-corrected chi connectivity index (χ4v) is 4.58. The molecule has 1 heterocycles. The standard InChI is InChI=1S/C22H26NO3P/c1-22(2)18-25-27(24,26-19-22)23(17-21-14-7-4-8-15-21)16-10-9-13-20-11-5-3-6-12-20/h3-8,11-12,14-15H,9,13,17-19H2,1-2H3. The Labute approximate surface area is 162 Å². The summed E-state index contributed by atoms with van der Waals surface area (Å²) < 4.78 is 26.2. The molecule has 0 aliphatic carbocycles. The first-order chi connectivity index (χ1) is 13.0. The van der Waals surface area contributed by atoms with Crippen LogP contribution in [-0.2, 0) is 26.6 Å². The van der Waals surface area contributed by atoms with Gasteiger partial charge in [0.2, 0.25) is 0 Å². The van der Waals surface area contributed by atoms with E-state index >= 15 is 0 Å². The van der Waals surface area contributed by atoms with E-state index in [2.05, 4.69) is 24.1 Å². The van der Waals surface area contributed by atoms with Gasteiger partial charge >= 0.3 is 7.75 Å². The van der Waals surface area contributed by atoms with E-state index in [-0.39, 0.29) is 5.41 Å². The van der Waals surface area contributed by atoms with Gasteiger partial charge in [-0.25, -0.2) is 9.24 Å². The first-order valence-corrected chi connectivity index (χ1v) is 10.7. The third kappa shape index (κ3) is 5.71. The first kappa shape index (κ1) is 19.7. The molecule has 0 spiro atoms. The molecule has 0 saturated carbocycles. The molecule has 3 rings (SSSR count). The lowest BCUT2D eigenvalue weighted by Crippen LogP contribution is -2.33. The predicted molar refractivity (Wildman–Crippen MR) is 108 cm³/mol. The third-order valence-electron chi connectivity index (χ3n) is 4.30. The maximum atomic E-state index is 13.3. The maximum absolute atomic E-state index is 13.3. The molecule has 0 bridgehead atoms. The van der Waals surface area contributed by atoms with Crippen molar-refractivity contribution >= 4 is 7.75 Å². The molecule has 27 heavy (non-hydrogen) atoms. The van der Waals surface area contributed by atoms with Gasteiger partial charge < -0.3 is 0 Å². The molecule has 1 aliphatic rings. The summed E-state index contributed by atoms with van der Waals surface area (Å²) in [7, 11) is -3.42. The zero-order chi connectivity index (χ0) is 19.2. The van der Waals surface area contributed by atoms with Crippen LogP contribution >= 0.6 is 7.75 Å². The van der Waals surface area contributed by atoms with Gasteiger partial charge in [-0.05, 0) is 17.5 Å². The summed E-state index contributed by atoms with van der Waals surface area (Å²) in [5, 5.41) is 0. The van der Waals surface area contributed by atoms with Crippen molar-refractivity contribution in [1.29, 1.82) is 0 Å². The van der Waals surface area contributed by atoms with Gasteiger partial charge in [-0.3, -0.25) is 9.05 Å². The van der Waals surface area contributed by atoms with Gasteiger partial charge in [0.05, 0.1) is 19.8 Å². The van der Waals surface area contributed by atoms with Gasteiger partial charge in [0, 0.05) is 17.9 Å². The van der Waals surface area contributed by atoms with Gasteiger partial charge in [-0.1, -0.05) is 80.4 Å². The van der Waals surface area contributed by atoms with Gasteiger partial charge in [0.25, 0.3) is 0 Å². The van der Waals surface area contributed by atoms with Crippen molar-refractivity contribution in [2.45, 2.75) is 33.2 Å². The topological polar surface area (TPSA) is 38.8 Å². The second kappa shape index (κ2) is 8.76. The summed E-state index contributed by atoms with van der Waals surface area (Å²) in [5.41, 5.74) is 2.11. The molecule has 1 fully saturated rings. The Morgan fingerprint density at radius 1 is 0.963 bits per heavy atom. The van der Waals surface area contributed by atoms with Crippen LogP contribution in [0, 0.1) is 17.4 Å². The van der Waals surface area contributed by atoms with Crippen LogP contribution in [0.15, 0.2) is 60.7 Å². The molecule has 4 nitrogen and oxygen atoms in total. The average molecular weight is 383 g/mol. The lowest BCUT2D eigenvalue weighted by Gasteiger charge is -2.37. The molecule has 0 unspecified atom stereocenters. The largest absolute Gasteiger partial charge is 0.442 e. The van der Waals surface area contributed by atoms with E-state index in [4.69, 9.17) is 9.05 Å². The molecule has 0 amide bonds. The Hall–Kier alpha value is -2.05. The van der Waals surface area contributed by atoms with Crippen molar-refractivity contribution in [3.63, 3.8) is 0 Å². The van der Waals surface area contributed by atoms with Crippen LogP contribution in [-0.4, -0.2) is 17.9 Å². The van der Waals surface area contributed by atoms with Gasteiger partial charge in [-0.15, -0.1) is 0 Å². The number of benzene rings is 2. The van der Waals surface area contributed by atoms with E-state index in [1.165, 1.54) is 5.56 Å². The minimum Gasteiger partial charge on any atom is -0.291 e. The molecule has 1 saturated heterocycles. The molecular weight excluding hydrogens is 357 g/mol. The van der Waals surface area contributed by atoms with Crippen molar-refractivity contribution in [1.82, 2.24) is 4.67 Å². The smallest absolute Gasteiger partial charge is 0.291 e. The quantitative estimate of drug-likeness (QED) is 0.401. The molecule has 0 N–H and O–H groups in total. The summed E-state index contributed by atoms with van der Waals surface area (Å²) in [6.07, 6.45) is 1.53. The van der Waals surface area contributed by atoms with E-state index in [1.807, 2.05) is 62.4 Å². The van der Waals surface area contributed by atoms with E-state index in [9.17, 15) is 4.57 Å². The Morgan fingerprint density at radius 2 is 1.52 bits per heavy atom. The summed E-state index contributed by atoms with van der Waals surface area (Å²) in [5.74, 6) is 3.14. The summed E-state index contributed by atoms with van der Waals surface area (Å²) >= 11 is 0. The number of aryl methyl sites for hydroxylation is 1. The highest BCUT2D eigenvalue weighted by Crippen LogP contribution is 2.56. The molecule has 2 aromatic rings. The predicted octanol–water partition coefficient (Wildman–Crippen LogP) is 5.26. The zero-order valence-electron chi connectivity index (χ0n) is 15.9. The van der Waals surface area contributed by atoms with E-state index < -0.39 is 7.75 Å². The molecule has 5 heteroatoms. The molecular formula is C22H26NO3P. The highest BCUT2D eigenvalue weighted by molar-refractivity contribution is 7.51. The molecule has 1 aliphatic heterocycles. The fourth-order valence-electron chi connectivity index (χ4n) is 2.67. The Kier molecular flexibility index (Phi) is 6.39. The van der Waals surface area contributed by atoms with Crippen LogP contribution in [0.25, 0.3) is 0 Å². The number of rotatable bonds is 5. The molecule has 142 valence electrons. The maximum Gasteiger partial charge on any atom is 0.442 e. The second-order valence-electron chi connectivity index (χ2n) is 7.50. The van der Waals surface area contributed by atoms with Gasteiger partial charge in [0.15, 0.2) is 0 Å². The van der Waals surface area contributed by atoms with Gasteiger partial charge in [-0.2, -0.15) is 0 Å². The van der Waals surface area contributed by atoms with Crippen LogP contribution in [0.3, 0.4) is 0 Å². The Balaban J connectivity index is 1.72. The number of hydrogen-bond acceptors (Lipinski definition) is 3. The van der Waals surface area contributed by atoms with Crippen molar-refractivity contribution in [2.75, 3.05) is 13.2 Å². The summed E-state index contributed by atoms with van der Waals surface area (Å²) in [6.45, 7) is 5.24. The highest BCUT2D eigenvalue weighted by atomic mass is 31.2. The lowest BCUT2D eigenvalue weighted by atomic mass is 9.97. The summed E-state index contributed by atoms with van der Waals surface area (Å²) in [4.78, 5) is 0. The van der Waals surface area contributed by atoms with Crippen molar-refractivity contribution in [3.05, 3.63) is 71.8 Å². The van der Waals surface area contributed by atoms with Gasteiger partial charge in [0.1, 0.15) is 0 Å². The van der Waals surface area contributed by atoms with Crippen LogP contribution in [0.4, 0.5) is 0 Å². The SMILES string of the molecule is CC1(C)COP(=O)(N(C#CCCc2ccccc2)Cc2ccccc2)OC1. The molecule has 0 aromatic heterocycles. The van der Waals surface area contributed by atoms with E-state index in [0.29, 0.717) is 26.2 Å². The van der Waals surface area contributed by atoms with Crippen molar-refractivity contribution in [3.8, 4) is 12.0 Å². The van der Waals surface area contributed by atoms with Crippen LogP contribution in [0.5, 0.6) is 0 Å². The fraction of sp³-hybridized carbons (Fsp3) is 0.364. The Bertz CT molecular complexity index is 826. The third-order valence-corrected chi connectivity index (χ3v) is 6.04. The van der Waals surface area contributed by atoms with Crippen LogP contribution < -0.4 is 0 Å². The normalized spacial score (nSPS) is 17.6. The second-order valence-corrected chi connectivity index (χ2v) is 9.43. The highest BCUT2D eigenvalue weighted by Gasteiger charge is 2.41. The molecule has 0 radical (unpaired) electrons. The first-order valence-electron chi connectivity index (χ1n) is 9.20. The van der Waals surface area contributed by atoms with Crippen molar-refractivity contribution in [2.24, 2.45) is 5.41 Å². The van der Waals surface area contributed by atoms with E-state index in [1.54, 1.807) is 4.67 Å². The monoisotopic (exact) mass is 383 g/mol. The number of nitrogens with zero attached hydrogens (tertiary/aromatic N) is 1. The van der Waals surface area contributed by atoms with Crippen LogP contribution in [0.1, 0.15) is 31.4 Å². The van der Waals surface area contributed by atoms with Crippen LogP contribution in [0.2, 0.25) is 0 Å². The van der Waals surface area contributed by atoms with E-state index in [0.717, 1.165) is 12.0 Å². The Morgan fingerprint density at radius 3 is 2.11 bits per heavy atom. The lowest BCUT2D eigenvalue weighted by molar-refractivity contribution is 0.0262.